The van der Waals surface area contributed by atoms with E-state index in [1.165, 1.54) is 87.3 Å². The summed E-state index contributed by atoms with van der Waals surface area (Å²) in [5, 5.41) is 0. The van der Waals surface area contributed by atoms with Crippen molar-refractivity contribution >= 4 is 63.1 Å². The molecule has 0 heterocycles. The van der Waals surface area contributed by atoms with Crippen molar-refractivity contribution in [2.75, 3.05) is 0 Å². The van der Waals surface area contributed by atoms with Gasteiger partial charge in [0.2, 0.25) is 0 Å². The van der Waals surface area contributed by atoms with E-state index in [0.29, 0.717) is 0 Å². The third-order valence-electron chi connectivity index (χ3n) is 5.46. The molecule has 0 radical (unpaired) electrons. The van der Waals surface area contributed by atoms with Gasteiger partial charge in [0.05, 0.1) is 0 Å². The van der Waals surface area contributed by atoms with Crippen LogP contribution in [-0.4, -0.2) is 57.5 Å². The number of allylic oxidation sites excluding steroid dienone is 1. The van der Waals surface area contributed by atoms with Gasteiger partial charge in [-0.2, -0.15) is 0 Å². The third-order valence-corrected chi connectivity index (χ3v) is 6.46. The molecule has 0 aliphatic heterocycles. The first-order chi connectivity index (χ1) is 13.3. The Kier molecular flexibility index (Phi) is 15.8. The number of benzene rings is 2. The van der Waals surface area contributed by atoms with E-state index < -0.39 is 0 Å². The molecule has 0 N–H and O–H groups in total. The van der Waals surface area contributed by atoms with E-state index >= 15 is 0 Å². The van der Waals surface area contributed by atoms with Crippen LogP contribution in [0.25, 0.3) is 5.57 Å². The van der Waals surface area contributed by atoms with Crippen molar-refractivity contribution < 1.29 is 0 Å². The fourth-order valence-corrected chi connectivity index (χ4v) is 4.80. The van der Waals surface area contributed by atoms with Gasteiger partial charge in [0, 0.05) is 0 Å². The fraction of sp³-hybridized carbons (Fsp3) is 0.462. The minimum atomic E-state index is 0. The van der Waals surface area contributed by atoms with Crippen LogP contribution < -0.4 is 0 Å². The molecule has 28 heavy (non-hydrogen) atoms. The Hall–Kier alpha value is 0.180. The molecule has 2 aromatic rings. The van der Waals surface area contributed by atoms with Gasteiger partial charge in [-0.1, -0.05) is 6.92 Å². The molecule has 0 bridgehead atoms. The fourth-order valence-electron chi connectivity index (χ4n) is 3.87. The standard InChI is InChI=1S/C26H35.2Na.H/c1-2-3-4-5-6-7-8-9-10-11-18-23-26(24-19-14-12-15-20-24)25-21-16-13-17-22-25;;;/h12-17,19-22H,2-11,18H2,1H3;;;. The van der Waals surface area contributed by atoms with Gasteiger partial charge < -0.3 is 0 Å². The second kappa shape index (κ2) is 16.9. The normalized spacial score (nSPS) is 10.4. The van der Waals surface area contributed by atoms with Crippen LogP contribution in [0.4, 0.5) is 0 Å². The maximum atomic E-state index is 2.29. The van der Waals surface area contributed by atoms with Gasteiger partial charge in [-0.3, -0.25) is 0 Å². The van der Waals surface area contributed by atoms with Crippen molar-refractivity contribution in [3.63, 3.8) is 0 Å². The summed E-state index contributed by atoms with van der Waals surface area (Å²) in [6.45, 7) is 2.29. The Bertz CT molecular complexity index is 605. The summed E-state index contributed by atoms with van der Waals surface area (Å²) >= 11 is 1.14. The summed E-state index contributed by atoms with van der Waals surface area (Å²) in [4.78, 5) is 0. The van der Waals surface area contributed by atoms with Crippen LogP contribution in [0, 0.1) is 0 Å². The molecule has 0 atom stereocenters. The van der Waals surface area contributed by atoms with Crippen LogP contribution in [0.2, 0.25) is 0 Å². The predicted molar refractivity (Wildman–Crippen MR) is 128 cm³/mol. The van der Waals surface area contributed by atoms with E-state index in [2.05, 4.69) is 67.6 Å². The zero-order chi connectivity index (χ0) is 19.2. The molecule has 142 valence electrons. The van der Waals surface area contributed by atoms with Crippen LogP contribution in [0.15, 0.2) is 63.5 Å². The molecular weight excluding hydrogens is 358 g/mol. The zero-order valence-electron chi connectivity index (χ0n) is 17.6. The Morgan fingerprint density at radius 3 is 1.43 bits per heavy atom. The molecule has 0 aromatic heterocycles. The van der Waals surface area contributed by atoms with Gasteiger partial charge >= 0.3 is 208 Å². The van der Waals surface area contributed by atoms with E-state index in [9.17, 15) is 0 Å². The average molecular weight is 395 g/mol. The predicted octanol–water partition coefficient (Wildman–Crippen LogP) is 7.28. The molecule has 2 heteroatoms. The van der Waals surface area contributed by atoms with Crippen molar-refractivity contribution in [3.05, 3.63) is 74.6 Å². The second-order valence-corrected chi connectivity index (χ2v) is 9.03. The van der Waals surface area contributed by atoms with Gasteiger partial charge in [-0.15, -0.1) is 0 Å². The Morgan fingerprint density at radius 2 is 1.00 bits per heavy atom. The molecule has 0 fully saturated rings. The number of rotatable bonds is 13. The number of hydrogen-bond donors (Lipinski definition) is 0. The molecule has 0 nitrogen and oxygen atoms in total. The third kappa shape index (κ3) is 10.3. The van der Waals surface area contributed by atoms with Crippen LogP contribution in [0.5, 0.6) is 0 Å². The molecule has 2 rings (SSSR count). The molecule has 0 saturated heterocycles. The summed E-state index contributed by atoms with van der Waals surface area (Å²) in [7, 11) is 0. The van der Waals surface area contributed by atoms with E-state index in [0.717, 1.165) is 27.9 Å². The van der Waals surface area contributed by atoms with Crippen molar-refractivity contribution in [1.29, 1.82) is 0 Å². The Balaban J connectivity index is 0.00000392. The van der Waals surface area contributed by atoms with E-state index in [1.807, 2.05) is 0 Å². The summed E-state index contributed by atoms with van der Waals surface area (Å²) in [6, 6.07) is 21.9. The monoisotopic (exact) mass is 394 g/mol. The van der Waals surface area contributed by atoms with E-state index in [4.69, 9.17) is 0 Å². The minimum absolute atomic E-state index is 0. The van der Waals surface area contributed by atoms with Crippen molar-refractivity contribution in [1.82, 2.24) is 0 Å². The van der Waals surface area contributed by atoms with Gasteiger partial charge in [0.15, 0.2) is 0 Å². The molecule has 0 aliphatic rings. The van der Waals surface area contributed by atoms with Crippen molar-refractivity contribution in [2.45, 2.75) is 77.6 Å². The molecule has 0 amide bonds. The average Bonchev–Trinajstić information content (AvgIpc) is 2.71. The molecule has 0 spiro atoms. The molecule has 0 unspecified atom stereocenters. The first kappa shape index (κ1) is 26.2. The Labute approximate surface area is 213 Å². The zero-order valence-corrected chi connectivity index (χ0v) is 19.6. The van der Waals surface area contributed by atoms with Crippen LogP contribution in [0.3, 0.4) is 0 Å². The maximum absolute atomic E-state index is 2.29. The summed E-state index contributed by atoms with van der Waals surface area (Å²) < 4.78 is 1.66. The van der Waals surface area contributed by atoms with Gasteiger partial charge in [0.1, 0.15) is 0 Å². The van der Waals surface area contributed by atoms with Crippen LogP contribution in [0.1, 0.15) is 88.7 Å². The first-order valence-corrected chi connectivity index (χ1v) is 12.1. The SMILES string of the molecule is CCCCCCCCCCCC[C]([Na])=C(c1ccccc1)c1ccccc1.[NaH]. The van der Waals surface area contributed by atoms with Crippen LogP contribution in [-0.2, 0) is 0 Å². The van der Waals surface area contributed by atoms with E-state index in [1.54, 1.807) is 2.82 Å². The van der Waals surface area contributed by atoms with Crippen LogP contribution >= 0.6 is 0 Å². The van der Waals surface area contributed by atoms with Gasteiger partial charge in [-0.25, -0.2) is 0 Å². The quantitative estimate of drug-likeness (QED) is 0.247. The first-order valence-electron chi connectivity index (χ1n) is 11.1. The van der Waals surface area contributed by atoms with Crippen molar-refractivity contribution in [2.24, 2.45) is 0 Å². The Morgan fingerprint density at radius 1 is 0.607 bits per heavy atom. The molecule has 2 aromatic carbocycles. The summed E-state index contributed by atoms with van der Waals surface area (Å²) in [5.74, 6) is 0. The topological polar surface area (TPSA) is 0 Å². The van der Waals surface area contributed by atoms with Gasteiger partial charge in [-0.05, 0) is 0 Å². The molecule has 0 aliphatic carbocycles. The number of hydrogen-bond acceptors (Lipinski definition) is 0. The molecular formula is C26H36Na2. The summed E-state index contributed by atoms with van der Waals surface area (Å²) in [6.07, 6.45) is 15.4. The summed E-state index contributed by atoms with van der Waals surface area (Å²) in [5.41, 5.74) is 4.24. The van der Waals surface area contributed by atoms with Gasteiger partial charge in [0.25, 0.3) is 0 Å². The molecule has 0 saturated carbocycles. The second-order valence-electron chi connectivity index (χ2n) is 7.82. The van der Waals surface area contributed by atoms with E-state index in [-0.39, 0.29) is 29.6 Å². The number of unbranched alkanes of at least 4 members (excludes halogenated alkanes) is 9. The van der Waals surface area contributed by atoms with Crippen molar-refractivity contribution in [3.8, 4) is 0 Å².